The molecule has 27 heavy (non-hydrogen) atoms. The van der Waals surface area contributed by atoms with Gasteiger partial charge in [-0.15, -0.1) is 11.3 Å². The Balaban J connectivity index is 2.22. The number of alkyl halides is 3. The highest BCUT2D eigenvalue weighted by atomic mass is 32.1. The van der Waals surface area contributed by atoms with Crippen LogP contribution in [0.4, 0.5) is 13.2 Å². The first-order chi connectivity index (χ1) is 12.7. The van der Waals surface area contributed by atoms with E-state index in [4.69, 9.17) is 14.3 Å². The number of carbonyl (C=O) groups is 1. The van der Waals surface area contributed by atoms with Crippen molar-refractivity contribution in [2.45, 2.75) is 26.1 Å². The van der Waals surface area contributed by atoms with Crippen molar-refractivity contribution in [2.75, 3.05) is 14.2 Å². The molecule has 0 aliphatic heterocycles. The van der Waals surface area contributed by atoms with Gasteiger partial charge in [0.15, 0.2) is 5.71 Å². The topological polar surface area (TPSA) is 70.0 Å². The Morgan fingerprint density at radius 3 is 2.59 bits per heavy atom. The summed E-state index contributed by atoms with van der Waals surface area (Å²) in [6, 6.07) is 6.76. The summed E-state index contributed by atoms with van der Waals surface area (Å²) in [7, 11) is 2.51. The summed E-state index contributed by atoms with van der Waals surface area (Å²) < 4.78 is 47.8. The van der Waals surface area contributed by atoms with Crippen LogP contribution in [0.1, 0.15) is 21.0 Å². The highest BCUT2D eigenvalue weighted by Crippen LogP contribution is 2.30. The van der Waals surface area contributed by atoms with Crippen LogP contribution in [-0.4, -0.2) is 37.1 Å². The molecule has 0 saturated carbocycles. The average molecular weight is 402 g/mol. The van der Waals surface area contributed by atoms with Crippen molar-refractivity contribution in [3.05, 3.63) is 45.3 Å². The van der Waals surface area contributed by atoms with Gasteiger partial charge in [0.2, 0.25) is 5.88 Å². The molecule has 0 atom stereocenters. The first-order valence-electron chi connectivity index (χ1n) is 7.68. The maximum atomic E-state index is 12.5. The molecular weight excluding hydrogens is 385 g/mol. The third kappa shape index (κ3) is 5.68. The molecule has 1 aromatic heterocycles. The SMILES string of the molecule is CO/N=C(/C(=O)OC)c1ccccc1COc1nc(CC(F)(F)F)sc1C. The van der Waals surface area contributed by atoms with Gasteiger partial charge in [0.05, 0.1) is 18.4 Å². The zero-order valence-electron chi connectivity index (χ0n) is 14.8. The predicted octanol–water partition coefficient (Wildman–Crippen LogP) is 3.66. The fourth-order valence-corrected chi connectivity index (χ4v) is 3.13. The fourth-order valence-electron chi connectivity index (χ4n) is 2.22. The minimum absolute atomic E-state index is 0.0219. The van der Waals surface area contributed by atoms with Crippen molar-refractivity contribution in [1.82, 2.24) is 4.98 Å². The van der Waals surface area contributed by atoms with E-state index in [0.717, 1.165) is 11.3 Å². The van der Waals surface area contributed by atoms with Gasteiger partial charge in [0.1, 0.15) is 18.7 Å². The van der Waals surface area contributed by atoms with E-state index in [0.29, 0.717) is 16.0 Å². The Morgan fingerprint density at radius 2 is 1.96 bits per heavy atom. The zero-order valence-corrected chi connectivity index (χ0v) is 15.6. The Hall–Kier alpha value is -2.62. The largest absolute Gasteiger partial charge is 0.472 e. The predicted molar refractivity (Wildman–Crippen MR) is 92.9 cm³/mol. The summed E-state index contributed by atoms with van der Waals surface area (Å²) in [4.78, 5) is 21.1. The fraction of sp³-hybridized carbons (Fsp3) is 0.353. The number of methoxy groups -OCH3 is 1. The molecule has 0 radical (unpaired) electrons. The van der Waals surface area contributed by atoms with E-state index >= 15 is 0 Å². The Kier molecular flexibility index (Phi) is 6.78. The number of aryl methyl sites for hydroxylation is 1. The number of oxime groups is 1. The lowest BCUT2D eigenvalue weighted by Gasteiger charge is -2.11. The second-order valence-electron chi connectivity index (χ2n) is 5.32. The first kappa shape index (κ1) is 20.7. The number of ether oxygens (including phenoxy) is 2. The van der Waals surface area contributed by atoms with Gasteiger partial charge in [0, 0.05) is 5.56 Å². The van der Waals surface area contributed by atoms with Gasteiger partial charge < -0.3 is 14.3 Å². The molecule has 2 rings (SSSR count). The number of hydrogen-bond donors (Lipinski definition) is 0. The van der Waals surface area contributed by atoms with Gasteiger partial charge in [-0.1, -0.05) is 29.4 Å². The van der Waals surface area contributed by atoms with Crippen LogP contribution in [0.15, 0.2) is 29.4 Å². The van der Waals surface area contributed by atoms with Crippen LogP contribution in [0, 0.1) is 6.92 Å². The molecule has 0 N–H and O–H groups in total. The minimum Gasteiger partial charge on any atom is -0.472 e. The van der Waals surface area contributed by atoms with E-state index in [1.54, 1.807) is 31.2 Å². The number of nitrogens with zero attached hydrogens (tertiary/aromatic N) is 2. The van der Waals surface area contributed by atoms with Crippen LogP contribution >= 0.6 is 11.3 Å². The standard InChI is InChI=1S/C17H17F3N2O4S/c1-10-15(21-13(27-10)8-17(18,19)20)26-9-11-6-4-5-7-12(11)14(22-25-3)16(23)24-2/h4-7H,8-9H2,1-3H3/b22-14+. The third-order valence-corrected chi connectivity index (χ3v) is 4.30. The lowest BCUT2D eigenvalue weighted by atomic mass is 10.0. The maximum absolute atomic E-state index is 12.5. The zero-order chi connectivity index (χ0) is 20.0. The number of thiazole rings is 1. The molecule has 0 bridgehead atoms. The summed E-state index contributed by atoms with van der Waals surface area (Å²) in [5, 5.41) is 3.62. The molecule has 0 spiro atoms. The van der Waals surface area contributed by atoms with Crippen molar-refractivity contribution in [1.29, 1.82) is 0 Å². The smallest absolute Gasteiger partial charge is 0.395 e. The van der Waals surface area contributed by atoms with Crippen LogP contribution < -0.4 is 4.74 Å². The van der Waals surface area contributed by atoms with E-state index in [2.05, 4.69) is 10.1 Å². The highest BCUT2D eigenvalue weighted by molar-refractivity contribution is 7.11. The van der Waals surface area contributed by atoms with Crippen LogP contribution in [0.3, 0.4) is 0 Å². The van der Waals surface area contributed by atoms with Crippen molar-refractivity contribution >= 4 is 23.0 Å². The van der Waals surface area contributed by atoms with Gasteiger partial charge in [-0.2, -0.15) is 13.2 Å². The summed E-state index contributed by atoms with van der Waals surface area (Å²) >= 11 is 0.930. The maximum Gasteiger partial charge on any atom is 0.395 e. The molecule has 1 heterocycles. The van der Waals surface area contributed by atoms with Crippen LogP contribution in [0.25, 0.3) is 0 Å². The summed E-state index contributed by atoms with van der Waals surface area (Å²) in [6.07, 6.45) is -5.44. The van der Waals surface area contributed by atoms with Crippen LogP contribution in [0.2, 0.25) is 0 Å². The van der Waals surface area contributed by atoms with E-state index in [1.807, 2.05) is 0 Å². The number of carbonyl (C=O) groups excluding carboxylic acids is 1. The summed E-state index contributed by atoms with van der Waals surface area (Å²) in [6.45, 7) is 1.61. The highest BCUT2D eigenvalue weighted by Gasteiger charge is 2.30. The quantitative estimate of drug-likeness (QED) is 0.402. The third-order valence-electron chi connectivity index (χ3n) is 3.35. The summed E-state index contributed by atoms with van der Waals surface area (Å²) in [5.41, 5.74) is 0.949. The lowest BCUT2D eigenvalue weighted by molar-refractivity contribution is -0.132. The number of halogens is 3. The molecule has 0 aliphatic carbocycles. The molecule has 0 aliphatic rings. The molecule has 146 valence electrons. The molecule has 2 aromatic rings. The van der Waals surface area contributed by atoms with Crippen molar-refractivity contribution in [3.8, 4) is 5.88 Å². The Morgan fingerprint density at radius 1 is 1.26 bits per heavy atom. The van der Waals surface area contributed by atoms with Gasteiger partial charge in [-0.3, -0.25) is 0 Å². The summed E-state index contributed by atoms with van der Waals surface area (Å²) in [5.74, 6) is -0.570. The average Bonchev–Trinajstić information content (AvgIpc) is 2.95. The van der Waals surface area contributed by atoms with Gasteiger partial charge >= 0.3 is 12.1 Å². The molecular formula is C17H17F3N2O4S. The lowest BCUT2D eigenvalue weighted by Crippen LogP contribution is -2.19. The second kappa shape index (κ2) is 8.85. The first-order valence-corrected chi connectivity index (χ1v) is 8.50. The molecule has 0 unspecified atom stereocenters. The number of hydrogen-bond acceptors (Lipinski definition) is 7. The van der Waals surface area contributed by atoms with E-state index in [1.165, 1.54) is 14.2 Å². The molecule has 10 heteroatoms. The van der Waals surface area contributed by atoms with E-state index in [9.17, 15) is 18.0 Å². The monoisotopic (exact) mass is 402 g/mol. The van der Waals surface area contributed by atoms with Gasteiger partial charge in [0.25, 0.3) is 0 Å². The number of rotatable bonds is 7. The number of aromatic nitrogens is 1. The molecule has 0 fully saturated rings. The van der Waals surface area contributed by atoms with Gasteiger partial charge in [-0.25, -0.2) is 9.78 Å². The van der Waals surface area contributed by atoms with Crippen molar-refractivity contribution in [3.63, 3.8) is 0 Å². The number of esters is 1. The van der Waals surface area contributed by atoms with Gasteiger partial charge in [-0.05, 0) is 12.5 Å². The molecule has 1 aromatic carbocycles. The molecule has 0 saturated heterocycles. The second-order valence-corrected chi connectivity index (χ2v) is 6.61. The van der Waals surface area contributed by atoms with Crippen molar-refractivity contribution < 1.29 is 32.3 Å². The van der Waals surface area contributed by atoms with Crippen LogP contribution in [0.5, 0.6) is 5.88 Å². The van der Waals surface area contributed by atoms with Crippen LogP contribution in [-0.2, 0) is 27.4 Å². The van der Waals surface area contributed by atoms with Crippen molar-refractivity contribution in [2.24, 2.45) is 5.16 Å². The normalized spacial score (nSPS) is 12.0. The van der Waals surface area contributed by atoms with E-state index < -0.39 is 18.6 Å². The number of benzene rings is 1. The minimum atomic E-state index is -4.33. The van der Waals surface area contributed by atoms with E-state index in [-0.39, 0.29) is 23.2 Å². The molecule has 0 amide bonds. The Labute approximate surface area is 157 Å². The molecule has 6 nitrogen and oxygen atoms in total. The Bertz CT molecular complexity index is 834.